The van der Waals surface area contributed by atoms with E-state index in [1.807, 2.05) is 0 Å². The molecule has 1 N–H and O–H groups in total. The number of carbonyl (C=O) groups excluding carboxylic acids is 4. The number of carbonyl (C=O) groups is 4. The first kappa shape index (κ1) is 35.6. The molecule has 54 heavy (non-hydrogen) atoms. The lowest BCUT2D eigenvalue weighted by molar-refractivity contribution is -0.353. The van der Waals surface area contributed by atoms with Crippen molar-refractivity contribution in [3.8, 4) is 0 Å². The molecule has 0 aromatic heterocycles. The van der Waals surface area contributed by atoms with Crippen LogP contribution in [-0.4, -0.2) is 103 Å². The molecule has 4 aromatic carbocycles. The molecule has 11 atom stereocenters. The summed E-state index contributed by atoms with van der Waals surface area (Å²) in [5.74, 6) is -3.47. The summed E-state index contributed by atoms with van der Waals surface area (Å²) < 4.78 is 48.8. The van der Waals surface area contributed by atoms with Crippen LogP contribution in [0.3, 0.4) is 0 Å². The van der Waals surface area contributed by atoms with E-state index in [9.17, 15) is 24.3 Å². The summed E-state index contributed by atoms with van der Waals surface area (Å²) in [7, 11) is 0. The number of benzene rings is 4. The van der Waals surface area contributed by atoms with Gasteiger partial charge in [0.2, 0.25) is 0 Å². The predicted molar refractivity (Wildman–Crippen MR) is 185 cm³/mol. The van der Waals surface area contributed by atoms with Gasteiger partial charge in [-0.25, -0.2) is 19.2 Å². The molecule has 4 aliphatic rings. The van der Waals surface area contributed by atoms with Gasteiger partial charge >= 0.3 is 23.9 Å². The monoisotopic (exact) mass is 736 g/mol. The van der Waals surface area contributed by atoms with Crippen molar-refractivity contribution in [3.63, 3.8) is 0 Å². The third kappa shape index (κ3) is 7.36. The van der Waals surface area contributed by atoms with Gasteiger partial charge in [0.05, 0.1) is 47.2 Å². The zero-order valence-corrected chi connectivity index (χ0v) is 28.7. The first-order valence-electron chi connectivity index (χ1n) is 17.6. The van der Waals surface area contributed by atoms with Crippen molar-refractivity contribution >= 4 is 23.9 Å². The number of ether oxygens (including phenoxy) is 8. The van der Waals surface area contributed by atoms with Crippen LogP contribution in [-0.2, 0) is 37.9 Å². The molecule has 0 amide bonds. The standard InChI is InChI=1S/C41H36O13/c42-30-29-33(30)47-21-27-31(34(29)49-27)54-41-36(53-40(46)26-19-11-4-12-20-26)35(52-39(45)25-17-9-3-10-18-25)32(51-38(44)24-15-7-2-8-16-24)28(50-41)22-48-37(43)23-13-5-1-6-14-23/h1-20,27-36,41-42H,21-22H2/t27?,28?,29-,30?,31+,32+,33-,34+,35?,36-,41-/m0/s1. The third-order valence-corrected chi connectivity index (χ3v) is 9.85. The van der Waals surface area contributed by atoms with E-state index in [0.717, 1.165) is 0 Å². The molecule has 3 saturated heterocycles. The van der Waals surface area contributed by atoms with Crippen LogP contribution in [0.1, 0.15) is 41.4 Å². The number of esters is 4. The molecule has 1 saturated carbocycles. The topological polar surface area (TPSA) is 162 Å². The molecule has 4 aromatic rings. The van der Waals surface area contributed by atoms with E-state index in [-0.39, 0.29) is 34.8 Å². The van der Waals surface area contributed by atoms with Crippen LogP contribution < -0.4 is 0 Å². The summed E-state index contributed by atoms with van der Waals surface area (Å²) in [5.41, 5.74) is 0.780. The van der Waals surface area contributed by atoms with Gasteiger partial charge in [-0.15, -0.1) is 0 Å². The van der Waals surface area contributed by atoms with Crippen molar-refractivity contribution in [2.75, 3.05) is 13.2 Å². The zero-order valence-electron chi connectivity index (χ0n) is 28.7. The Kier molecular flexibility index (Phi) is 10.2. The highest BCUT2D eigenvalue weighted by molar-refractivity contribution is 5.91. The van der Waals surface area contributed by atoms with E-state index in [2.05, 4.69) is 0 Å². The lowest BCUT2D eigenvalue weighted by Crippen LogP contribution is -2.66. The number of aliphatic hydroxyl groups is 1. The van der Waals surface area contributed by atoms with Crippen LogP contribution in [0.25, 0.3) is 0 Å². The minimum absolute atomic E-state index is 0.127. The molecule has 3 heterocycles. The van der Waals surface area contributed by atoms with Crippen LogP contribution in [0.15, 0.2) is 121 Å². The average molecular weight is 737 g/mol. The average Bonchev–Trinajstić information content (AvgIpc) is 3.93. The molecule has 4 unspecified atom stereocenters. The van der Waals surface area contributed by atoms with E-state index >= 15 is 0 Å². The van der Waals surface area contributed by atoms with Crippen molar-refractivity contribution in [2.24, 2.45) is 5.92 Å². The molecular formula is C41H36O13. The van der Waals surface area contributed by atoms with Gasteiger partial charge in [-0.3, -0.25) is 0 Å². The second-order valence-corrected chi connectivity index (χ2v) is 13.3. The van der Waals surface area contributed by atoms with Crippen LogP contribution in [0.4, 0.5) is 0 Å². The second kappa shape index (κ2) is 15.5. The smallest absolute Gasteiger partial charge is 0.338 e. The fourth-order valence-corrected chi connectivity index (χ4v) is 6.97. The molecule has 1 aliphatic carbocycles. The van der Waals surface area contributed by atoms with Crippen molar-refractivity contribution in [1.29, 1.82) is 0 Å². The largest absolute Gasteiger partial charge is 0.459 e. The number of aliphatic hydroxyl groups excluding tert-OH is 1. The van der Waals surface area contributed by atoms with Gasteiger partial charge in [0.15, 0.2) is 24.6 Å². The fraction of sp³-hybridized carbons (Fsp3) is 0.317. The maximum Gasteiger partial charge on any atom is 0.338 e. The van der Waals surface area contributed by atoms with Gasteiger partial charge < -0.3 is 43.0 Å². The summed E-state index contributed by atoms with van der Waals surface area (Å²) >= 11 is 0. The first-order valence-corrected chi connectivity index (χ1v) is 17.6. The van der Waals surface area contributed by atoms with Gasteiger partial charge in [-0.05, 0) is 48.5 Å². The molecule has 2 bridgehead atoms. The highest BCUT2D eigenvalue weighted by atomic mass is 16.8. The molecule has 0 spiro atoms. The van der Waals surface area contributed by atoms with Gasteiger partial charge in [0, 0.05) is 5.92 Å². The lowest BCUT2D eigenvalue weighted by Gasteiger charge is -2.49. The Bertz CT molecular complexity index is 1940. The summed E-state index contributed by atoms with van der Waals surface area (Å²) in [6.45, 7) is -0.359. The SMILES string of the molecule is O=C(OCC1O[C@@H](O[C@@H]2C3CO[C@@H]4C(O)[C@@H]4[C@H]2O3)[C@@H](OC(=O)c2ccccc2)C(OC(=O)c2ccccc2)[C@@H]1OC(=O)c1ccccc1)c1ccccc1. The highest BCUT2D eigenvalue weighted by Crippen LogP contribution is 2.50. The second-order valence-electron chi connectivity index (χ2n) is 13.3. The van der Waals surface area contributed by atoms with Crippen LogP contribution >= 0.6 is 0 Å². The van der Waals surface area contributed by atoms with E-state index in [0.29, 0.717) is 0 Å². The molecular weight excluding hydrogens is 700 g/mol. The molecule has 0 radical (unpaired) electrons. The molecule has 13 nitrogen and oxygen atoms in total. The lowest BCUT2D eigenvalue weighted by atomic mass is 9.95. The fourth-order valence-electron chi connectivity index (χ4n) is 6.97. The Labute approximate surface area is 309 Å². The van der Waals surface area contributed by atoms with E-state index in [1.54, 1.807) is 121 Å². The minimum Gasteiger partial charge on any atom is -0.459 e. The van der Waals surface area contributed by atoms with Gasteiger partial charge in [0.25, 0.3) is 0 Å². The summed E-state index contributed by atoms with van der Waals surface area (Å²) in [6, 6.07) is 32.6. The Morgan fingerprint density at radius 1 is 0.556 bits per heavy atom. The zero-order chi connectivity index (χ0) is 37.2. The number of rotatable bonds is 11. The number of hydrogen-bond donors (Lipinski definition) is 1. The predicted octanol–water partition coefficient (Wildman–Crippen LogP) is 3.79. The Balaban J connectivity index is 1.17. The maximum absolute atomic E-state index is 13.8. The maximum atomic E-state index is 13.8. The third-order valence-electron chi connectivity index (χ3n) is 9.85. The minimum atomic E-state index is -1.56. The summed E-state index contributed by atoms with van der Waals surface area (Å²) in [4.78, 5) is 54.5. The van der Waals surface area contributed by atoms with Gasteiger partial charge in [-0.1, -0.05) is 72.8 Å². The normalized spacial score (nSPS) is 30.6. The molecule has 13 heteroatoms. The van der Waals surface area contributed by atoms with E-state index < -0.39 is 91.7 Å². The van der Waals surface area contributed by atoms with Crippen molar-refractivity contribution in [3.05, 3.63) is 144 Å². The molecule has 3 aliphatic heterocycles. The number of hydrogen-bond acceptors (Lipinski definition) is 13. The summed E-state index contributed by atoms with van der Waals surface area (Å²) in [5, 5.41) is 10.5. The van der Waals surface area contributed by atoms with Crippen molar-refractivity contribution in [2.45, 2.75) is 61.2 Å². The Hall–Kier alpha value is -5.44. The molecule has 8 rings (SSSR count). The van der Waals surface area contributed by atoms with Crippen LogP contribution in [0.5, 0.6) is 0 Å². The Morgan fingerprint density at radius 3 is 1.54 bits per heavy atom. The van der Waals surface area contributed by atoms with Crippen molar-refractivity contribution in [1.82, 2.24) is 0 Å². The first-order chi connectivity index (χ1) is 26.4. The van der Waals surface area contributed by atoms with Crippen molar-refractivity contribution < 1.29 is 62.2 Å². The number of fused-ring (bicyclic) bond motifs is 4. The quantitative estimate of drug-likeness (QED) is 0.175. The van der Waals surface area contributed by atoms with E-state index in [4.69, 9.17) is 37.9 Å². The van der Waals surface area contributed by atoms with Crippen LogP contribution in [0.2, 0.25) is 0 Å². The van der Waals surface area contributed by atoms with Gasteiger partial charge in [0.1, 0.15) is 24.9 Å². The highest BCUT2D eigenvalue weighted by Gasteiger charge is 2.67. The molecule has 278 valence electrons. The van der Waals surface area contributed by atoms with Gasteiger partial charge in [-0.2, -0.15) is 0 Å². The van der Waals surface area contributed by atoms with Crippen LogP contribution in [0, 0.1) is 5.92 Å². The molecule has 4 fully saturated rings. The Morgan fingerprint density at radius 2 is 1.02 bits per heavy atom. The summed E-state index contributed by atoms with van der Waals surface area (Å²) in [6.07, 6.45) is -10.3. The van der Waals surface area contributed by atoms with E-state index in [1.165, 1.54) is 0 Å².